The summed E-state index contributed by atoms with van der Waals surface area (Å²) in [5.41, 5.74) is 0. The monoisotopic (exact) mass is 382 g/mol. The molecule has 0 fully saturated rings. The summed E-state index contributed by atoms with van der Waals surface area (Å²) in [6.45, 7) is 11.3. The van der Waals surface area contributed by atoms with Crippen LogP contribution in [0.4, 0.5) is 0 Å². The van der Waals surface area contributed by atoms with E-state index >= 15 is 0 Å². The van der Waals surface area contributed by atoms with Gasteiger partial charge in [0.1, 0.15) is 0 Å². The van der Waals surface area contributed by atoms with Gasteiger partial charge in [-0.2, -0.15) is 0 Å². The minimum atomic E-state index is 0.810. The third-order valence-electron chi connectivity index (χ3n) is 6.07. The lowest BCUT2D eigenvalue weighted by Gasteiger charge is -2.21. The van der Waals surface area contributed by atoms with Crippen LogP contribution in [0.25, 0.3) is 0 Å². The molecule has 0 aromatic carbocycles. The second-order valence-electron chi connectivity index (χ2n) is 8.96. The molecule has 0 aliphatic carbocycles. The summed E-state index contributed by atoms with van der Waals surface area (Å²) in [5.74, 6) is 1.62. The summed E-state index contributed by atoms with van der Waals surface area (Å²) in [6.07, 6.45) is 24.9. The van der Waals surface area contributed by atoms with E-state index in [1.54, 1.807) is 0 Å². The number of ether oxygens (including phenoxy) is 1. The van der Waals surface area contributed by atoms with Crippen molar-refractivity contribution in [3.8, 4) is 0 Å². The van der Waals surface area contributed by atoms with Crippen LogP contribution in [0.2, 0.25) is 0 Å². The Morgan fingerprint density at radius 2 is 0.704 bits per heavy atom. The van der Waals surface area contributed by atoms with Crippen molar-refractivity contribution in [1.82, 2.24) is 0 Å². The maximum absolute atomic E-state index is 6.33. The second-order valence-corrected chi connectivity index (χ2v) is 8.96. The molecule has 0 N–H and O–H groups in total. The highest BCUT2D eigenvalue weighted by Gasteiger charge is 2.13. The van der Waals surface area contributed by atoms with Crippen LogP contribution in [0.15, 0.2) is 0 Å². The Balaban J connectivity index is 4.18. The average molecular weight is 383 g/mol. The standard InChI is InChI=1S/C26H54O/c1-5-9-13-17-21-25(19-15-11-7-3)23-27-24-26(20-16-12-8-4)22-18-14-10-6-2/h25-26H,5-24H2,1-4H3. The average Bonchev–Trinajstić information content (AvgIpc) is 2.68. The Hall–Kier alpha value is -0.0400. The smallest absolute Gasteiger partial charge is 0.0494 e. The van der Waals surface area contributed by atoms with Crippen LogP contribution in [-0.4, -0.2) is 13.2 Å². The fourth-order valence-electron chi connectivity index (χ4n) is 4.11. The Morgan fingerprint density at radius 3 is 1.04 bits per heavy atom. The zero-order valence-electron chi connectivity index (χ0n) is 19.7. The van der Waals surface area contributed by atoms with E-state index in [0.29, 0.717) is 0 Å². The van der Waals surface area contributed by atoms with E-state index in [9.17, 15) is 0 Å². The van der Waals surface area contributed by atoms with Crippen LogP contribution in [0.3, 0.4) is 0 Å². The van der Waals surface area contributed by atoms with Gasteiger partial charge >= 0.3 is 0 Å². The van der Waals surface area contributed by atoms with Gasteiger partial charge in [-0.05, 0) is 37.5 Å². The summed E-state index contributed by atoms with van der Waals surface area (Å²) in [4.78, 5) is 0. The van der Waals surface area contributed by atoms with Crippen molar-refractivity contribution < 1.29 is 4.74 Å². The maximum Gasteiger partial charge on any atom is 0.0494 e. The summed E-state index contributed by atoms with van der Waals surface area (Å²) < 4.78 is 6.33. The van der Waals surface area contributed by atoms with Crippen molar-refractivity contribution in [2.24, 2.45) is 11.8 Å². The lowest BCUT2D eigenvalue weighted by atomic mass is 9.94. The largest absolute Gasteiger partial charge is 0.381 e. The molecule has 27 heavy (non-hydrogen) atoms. The van der Waals surface area contributed by atoms with Crippen LogP contribution < -0.4 is 0 Å². The van der Waals surface area contributed by atoms with E-state index < -0.39 is 0 Å². The Morgan fingerprint density at radius 1 is 0.407 bits per heavy atom. The van der Waals surface area contributed by atoms with Gasteiger partial charge in [-0.15, -0.1) is 0 Å². The van der Waals surface area contributed by atoms with E-state index in [1.807, 2.05) is 0 Å². The molecule has 1 heteroatoms. The third kappa shape index (κ3) is 19.1. The maximum atomic E-state index is 6.33. The first-order valence-electron chi connectivity index (χ1n) is 12.9. The first-order valence-corrected chi connectivity index (χ1v) is 12.9. The first-order chi connectivity index (χ1) is 13.3. The van der Waals surface area contributed by atoms with Crippen molar-refractivity contribution in [3.63, 3.8) is 0 Å². The highest BCUT2D eigenvalue weighted by molar-refractivity contribution is 4.63. The minimum Gasteiger partial charge on any atom is -0.381 e. The zero-order chi connectivity index (χ0) is 20.0. The molecule has 0 radical (unpaired) electrons. The van der Waals surface area contributed by atoms with Crippen molar-refractivity contribution in [2.45, 2.75) is 143 Å². The molecule has 0 aliphatic heterocycles. The van der Waals surface area contributed by atoms with Crippen molar-refractivity contribution in [2.75, 3.05) is 13.2 Å². The molecule has 0 saturated heterocycles. The molecule has 0 aromatic heterocycles. The molecule has 0 saturated carbocycles. The second kappa shape index (κ2) is 22.3. The molecule has 0 aromatic rings. The summed E-state index contributed by atoms with van der Waals surface area (Å²) >= 11 is 0. The first kappa shape index (κ1) is 27.0. The lowest BCUT2D eigenvalue weighted by Crippen LogP contribution is -2.16. The molecule has 2 unspecified atom stereocenters. The molecule has 0 aliphatic rings. The van der Waals surface area contributed by atoms with E-state index in [-0.39, 0.29) is 0 Å². The van der Waals surface area contributed by atoms with Gasteiger partial charge in [0.05, 0.1) is 0 Å². The molecule has 164 valence electrons. The SMILES string of the molecule is CCCCCCC(CCCCC)COCC(CCCCC)CCCCCC. The van der Waals surface area contributed by atoms with Gasteiger partial charge < -0.3 is 4.74 Å². The van der Waals surface area contributed by atoms with E-state index in [2.05, 4.69) is 27.7 Å². The van der Waals surface area contributed by atoms with Gasteiger partial charge in [-0.25, -0.2) is 0 Å². The van der Waals surface area contributed by atoms with E-state index in [1.165, 1.54) is 116 Å². The van der Waals surface area contributed by atoms with Crippen LogP contribution in [-0.2, 0) is 4.74 Å². The lowest BCUT2D eigenvalue weighted by molar-refractivity contribution is 0.0587. The molecule has 0 rings (SSSR count). The van der Waals surface area contributed by atoms with Gasteiger partial charge in [0, 0.05) is 13.2 Å². The summed E-state index contributed by atoms with van der Waals surface area (Å²) in [5, 5.41) is 0. The number of unbranched alkanes of at least 4 members (excludes halogenated alkanes) is 10. The molecule has 2 atom stereocenters. The van der Waals surface area contributed by atoms with Gasteiger partial charge in [0.25, 0.3) is 0 Å². The van der Waals surface area contributed by atoms with Crippen LogP contribution in [0.5, 0.6) is 0 Å². The van der Waals surface area contributed by atoms with Crippen LogP contribution in [0.1, 0.15) is 143 Å². The number of hydrogen-bond acceptors (Lipinski definition) is 1. The predicted octanol–water partition coefficient (Wildman–Crippen LogP) is 9.34. The van der Waals surface area contributed by atoms with Crippen molar-refractivity contribution in [1.29, 1.82) is 0 Å². The zero-order valence-corrected chi connectivity index (χ0v) is 19.7. The van der Waals surface area contributed by atoms with Crippen molar-refractivity contribution >= 4 is 0 Å². The summed E-state index contributed by atoms with van der Waals surface area (Å²) in [6, 6.07) is 0. The van der Waals surface area contributed by atoms with Crippen LogP contribution in [0, 0.1) is 11.8 Å². The molecular weight excluding hydrogens is 328 g/mol. The van der Waals surface area contributed by atoms with Gasteiger partial charge in [0.15, 0.2) is 0 Å². The molecule has 0 amide bonds. The highest BCUT2D eigenvalue weighted by Crippen LogP contribution is 2.22. The van der Waals surface area contributed by atoms with Gasteiger partial charge in [-0.1, -0.05) is 118 Å². The highest BCUT2D eigenvalue weighted by atomic mass is 16.5. The number of rotatable bonds is 22. The molecule has 0 heterocycles. The predicted molar refractivity (Wildman–Crippen MR) is 124 cm³/mol. The molecule has 0 bridgehead atoms. The van der Waals surface area contributed by atoms with Gasteiger partial charge in [-0.3, -0.25) is 0 Å². The Bertz CT molecular complexity index is 237. The molecule has 1 nitrogen and oxygen atoms in total. The molecular formula is C26H54O. The Labute approximate surface area is 173 Å². The quantitative estimate of drug-likeness (QED) is 0.169. The van der Waals surface area contributed by atoms with E-state index in [0.717, 1.165) is 25.0 Å². The fourth-order valence-corrected chi connectivity index (χ4v) is 4.11. The van der Waals surface area contributed by atoms with Crippen LogP contribution >= 0.6 is 0 Å². The molecule has 0 spiro atoms. The third-order valence-corrected chi connectivity index (χ3v) is 6.07. The Kier molecular flexibility index (Phi) is 22.2. The summed E-state index contributed by atoms with van der Waals surface area (Å²) in [7, 11) is 0. The topological polar surface area (TPSA) is 9.23 Å². The fraction of sp³-hybridized carbons (Fsp3) is 1.00. The normalized spacial score (nSPS) is 13.8. The minimum absolute atomic E-state index is 0.810. The van der Waals surface area contributed by atoms with Gasteiger partial charge in [0.2, 0.25) is 0 Å². The number of hydrogen-bond donors (Lipinski definition) is 0. The van der Waals surface area contributed by atoms with E-state index in [4.69, 9.17) is 4.74 Å². The van der Waals surface area contributed by atoms with Crippen molar-refractivity contribution in [3.05, 3.63) is 0 Å².